The molecule has 90 valence electrons. The Bertz CT molecular complexity index is 481. The molecule has 17 heavy (non-hydrogen) atoms. The molecule has 1 atom stereocenters. The highest BCUT2D eigenvalue weighted by Crippen LogP contribution is 2.29. The van der Waals surface area contributed by atoms with Crippen LogP contribution in [0.15, 0.2) is 18.5 Å². The topological polar surface area (TPSA) is 40.7 Å². The van der Waals surface area contributed by atoms with Crippen LogP contribution in [0, 0.1) is 6.92 Å². The first-order chi connectivity index (χ1) is 8.33. The van der Waals surface area contributed by atoms with Crippen molar-refractivity contribution in [1.29, 1.82) is 0 Å². The Hall–Kier alpha value is -1.13. The molecule has 1 aliphatic rings. The molecule has 3 heterocycles. The van der Waals surface area contributed by atoms with Gasteiger partial charge in [-0.15, -0.1) is 11.3 Å². The van der Waals surface area contributed by atoms with Crippen LogP contribution in [0.4, 0.5) is 0 Å². The molecule has 2 N–H and O–H groups in total. The van der Waals surface area contributed by atoms with Crippen molar-refractivity contribution in [3.05, 3.63) is 29.0 Å². The normalized spacial score (nSPS) is 19.9. The number of nitrogens with zero attached hydrogens (tertiary/aromatic N) is 1. The van der Waals surface area contributed by atoms with Gasteiger partial charge in [0.05, 0.1) is 5.69 Å². The van der Waals surface area contributed by atoms with Crippen LogP contribution in [-0.4, -0.2) is 22.6 Å². The monoisotopic (exact) mass is 247 g/mol. The summed E-state index contributed by atoms with van der Waals surface area (Å²) in [5.41, 5.74) is 2.39. The van der Waals surface area contributed by atoms with Crippen molar-refractivity contribution in [2.75, 3.05) is 6.54 Å². The van der Waals surface area contributed by atoms with E-state index in [-0.39, 0.29) is 0 Å². The van der Waals surface area contributed by atoms with Gasteiger partial charge in [-0.1, -0.05) is 0 Å². The number of H-pyrrole nitrogens is 1. The Morgan fingerprint density at radius 3 is 3.18 bits per heavy atom. The Kier molecular flexibility index (Phi) is 2.99. The first-order valence-corrected chi connectivity index (χ1v) is 6.97. The number of aromatic amines is 1. The summed E-state index contributed by atoms with van der Waals surface area (Å²) in [6.45, 7) is 3.30. The minimum atomic E-state index is 0.660. The maximum Gasteiger partial charge on any atom is 0.125 e. The summed E-state index contributed by atoms with van der Waals surface area (Å²) >= 11 is 1.83. The van der Waals surface area contributed by atoms with E-state index in [1.165, 1.54) is 35.5 Å². The fourth-order valence-electron chi connectivity index (χ4n) is 2.35. The van der Waals surface area contributed by atoms with Crippen LogP contribution in [0.2, 0.25) is 0 Å². The third-order valence-electron chi connectivity index (χ3n) is 3.33. The van der Waals surface area contributed by atoms with Crippen molar-refractivity contribution in [1.82, 2.24) is 15.3 Å². The Labute approximate surface area is 105 Å². The van der Waals surface area contributed by atoms with Crippen LogP contribution in [0.5, 0.6) is 0 Å². The molecule has 0 radical (unpaired) electrons. The zero-order chi connectivity index (χ0) is 11.7. The zero-order valence-corrected chi connectivity index (χ0v) is 10.8. The molecular formula is C13H17N3S. The lowest BCUT2D eigenvalue weighted by atomic mass is 10.1. The second-order valence-electron chi connectivity index (χ2n) is 4.62. The molecule has 3 rings (SSSR count). The molecule has 1 saturated heterocycles. The smallest absolute Gasteiger partial charge is 0.125 e. The number of hydrogen-bond acceptors (Lipinski definition) is 3. The Morgan fingerprint density at radius 1 is 1.53 bits per heavy atom. The molecule has 2 aromatic rings. The number of hydrogen-bond donors (Lipinski definition) is 2. The molecule has 0 aromatic carbocycles. The predicted octanol–water partition coefficient (Wildman–Crippen LogP) is 2.74. The molecule has 0 bridgehead atoms. The van der Waals surface area contributed by atoms with Crippen molar-refractivity contribution in [3.63, 3.8) is 0 Å². The van der Waals surface area contributed by atoms with E-state index in [0.29, 0.717) is 6.04 Å². The van der Waals surface area contributed by atoms with Gasteiger partial charge in [0.25, 0.3) is 0 Å². The summed E-state index contributed by atoms with van der Waals surface area (Å²) < 4.78 is 0. The SMILES string of the molecule is Cc1nc(-c2cc[nH]c2)sc1CC1CCCN1. The van der Waals surface area contributed by atoms with Gasteiger partial charge in [0, 0.05) is 28.9 Å². The van der Waals surface area contributed by atoms with E-state index in [9.17, 15) is 0 Å². The lowest BCUT2D eigenvalue weighted by molar-refractivity contribution is 0.606. The standard InChI is InChI=1S/C13H17N3S/c1-9-12(7-11-3-2-5-15-11)17-13(16-9)10-4-6-14-8-10/h4,6,8,11,14-15H,2-3,5,7H2,1H3. The highest BCUT2D eigenvalue weighted by molar-refractivity contribution is 7.15. The lowest BCUT2D eigenvalue weighted by Crippen LogP contribution is -2.23. The summed E-state index contributed by atoms with van der Waals surface area (Å²) in [7, 11) is 0. The van der Waals surface area contributed by atoms with Crippen molar-refractivity contribution >= 4 is 11.3 Å². The van der Waals surface area contributed by atoms with Gasteiger partial charge in [-0.2, -0.15) is 0 Å². The maximum atomic E-state index is 4.67. The summed E-state index contributed by atoms with van der Waals surface area (Å²) in [4.78, 5) is 9.18. The van der Waals surface area contributed by atoms with Crippen molar-refractivity contribution in [3.8, 4) is 10.6 Å². The molecule has 0 spiro atoms. The Morgan fingerprint density at radius 2 is 2.47 bits per heavy atom. The highest BCUT2D eigenvalue weighted by atomic mass is 32.1. The molecule has 4 heteroatoms. The third kappa shape index (κ3) is 2.28. The van der Waals surface area contributed by atoms with Gasteiger partial charge in [0.15, 0.2) is 0 Å². The molecular weight excluding hydrogens is 230 g/mol. The fourth-order valence-corrected chi connectivity index (χ4v) is 3.49. The molecule has 1 fully saturated rings. The lowest BCUT2D eigenvalue weighted by Gasteiger charge is -2.07. The summed E-state index contributed by atoms with van der Waals surface area (Å²) in [5.74, 6) is 0. The second-order valence-corrected chi connectivity index (χ2v) is 5.71. The van der Waals surface area contributed by atoms with Gasteiger partial charge in [-0.25, -0.2) is 4.98 Å². The van der Waals surface area contributed by atoms with Crippen LogP contribution < -0.4 is 5.32 Å². The summed E-state index contributed by atoms with van der Waals surface area (Å²) in [5, 5.41) is 4.68. The van der Waals surface area contributed by atoms with E-state index in [0.717, 1.165) is 11.4 Å². The van der Waals surface area contributed by atoms with Crippen LogP contribution in [-0.2, 0) is 6.42 Å². The molecule has 0 aliphatic carbocycles. The second kappa shape index (κ2) is 4.63. The van der Waals surface area contributed by atoms with Gasteiger partial charge in [0.1, 0.15) is 5.01 Å². The largest absolute Gasteiger partial charge is 0.367 e. The van der Waals surface area contributed by atoms with E-state index in [2.05, 4.69) is 28.3 Å². The first-order valence-electron chi connectivity index (χ1n) is 6.16. The van der Waals surface area contributed by atoms with Crippen LogP contribution >= 0.6 is 11.3 Å². The minimum absolute atomic E-state index is 0.660. The van der Waals surface area contributed by atoms with Crippen molar-refractivity contribution in [2.45, 2.75) is 32.2 Å². The first kappa shape index (κ1) is 11.0. The number of rotatable bonds is 3. The molecule has 3 nitrogen and oxygen atoms in total. The minimum Gasteiger partial charge on any atom is -0.367 e. The van der Waals surface area contributed by atoms with Crippen molar-refractivity contribution in [2.24, 2.45) is 0 Å². The van der Waals surface area contributed by atoms with Crippen LogP contribution in [0.25, 0.3) is 10.6 Å². The quantitative estimate of drug-likeness (QED) is 0.875. The van der Waals surface area contributed by atoms with Crippen LogP contribution in [0.3, 0.4) is 0 Å². The molecule has 0 amide bonds. The zero-order valence-electron chi connectivity index (χ0n) is 9.99. The van der Waals surface area contributed by atoms with Gasteiger partial charge < -0.3 is 10.3 Å². The maximum absolute atomic E-state index is 4.67. The van der Waals surface area contributed by atoms with Gasteiger partial charge in [0.2, 0.25) is 0 Å². The van der Waals surface area contributed by atoms with Crippen LogP contribution in [0.1, 0.15) is 23.4 Å². The highest BCUT2D eigenvalue weighted by Gasteiger charge is 2.18. The third-order valence-corrected chi connectivity index (χ3v) is 4.56. The average Bonchev–Trinajstić information content (AvgIpc) is 3.02. The molecule has 1 aliphatic heterocycles. The van der Waals surface area contributed by atoms with E-state index in [1.54, 1.807) is 0 Å². The number of aromatic nitrogens is 2. The van der Waals surface area contributed by atoms with E-state index in [4.69, 9.17) is 0 Å². The number of thiazole rings is 1. The van der Waals surface area contributed by atoms with Gasteiger partial charge >= 0.3 is 0 Å². The summed E-state index contributed by atoms with van der Waals surface area (Å²) in [6.07, 6.45) is 7.71. The number of nitrogens with one attached hydrogen (secondary N) is 2. The molecule has 0 saturated carbocycles. The fraction of sp³-hybridized carbons (Fsp3) is 0.462. The number of aryl methyl sites for hydroxylation is 1. The van der Waals surface area contributed by atoms with E-state index < -0.39 is 0 Å². The molecule has 2 aromatic heterocycles. The van der Waals surface area contributed by atoms with E-state index >= 15 is 0 Å². The van der Waals surface area contributed by atoms with Crippen molar-refractivity contribution < 1.29 is 0 Å². The van der Waals surface area contributed by atoms with Gasteiger partial charge in [-0.05, 0) is 38.8 Å². The predicted molar refractivity (Wildman–Crippen MR) is 71.4 cm³/mol. The molecule has 1 unspecified atom stereocenters. The Balaban J connectivity index is 1.80. The van der Waals surface area contributed by atoms with E-state index in [1.807, 2.05) is 23.7 Å². The average molecular weight is 247 g/mol. The van der Waals surface area contributed by atoms with Gasteiger partial charge in [-0.3, -0.25) is 0 Å². The summed E-state index contributed by atoms with van der Waals surface area (Å²) in [6, 6.07) is 2.74.